The smallest absolute Gasteiger partial charge is 0.282 e. The van der Waals surface area contributed by atoms with Crippen LogP contribution in [0.2, 0.25) is 0 Å². The van der Waals surface area contributed by atoms with Crippen LogP contribution in [-0.4, -0.2) is 26.4 Å². The third-order valence-corrected chi connectivity index (χ3v) is 7.99. The summed E-state index contributed by atoms with van der Waals surface area (Å²) in [5, 5.41) is 10.6. The van der Waals surface area contributed by atoms with Gasteiger partial charge < -0.3 is 5.32 Å². The second-order valence-corrected chi connectivity index (χ2v) is 10.7. The average Bonchev–Trinajstić information content (AvgIpc) is 3.63. The molecule has 7 nitrogen and oxygen atoms in total. The summed E-state index contributed by atoms with van der Waals surface area (Å²) >= 11 is 4.63. The first-order valence-corrected chi connectivity index (χ1v) is 13.2. The number of H-pyrrole nitrogens is 1. The highest BCUT2D eigenvalue weighted by molar-refractivity contribution is 7.20. The van der Waals surface area contributed by atoms with Gasteiger partial charge in [-0.15, -0.1) is 22.7 Å². The van der Waals surface area contributed by atoms with Gasteiger partial charge in [0.25, 0.3) is 5.56 Å². The second-order valence-electron chi connectivity index (χ2n) is 7.58. The number of aromatic amines is 1. The maximum atomic E-state index is 13.5. The van der Waals surface area contributed by atoms with Crippen LogP contribution in [0.3, 0.4) is 0 Å². The van der Waals surface area contributed by atoms with E-state index in [0.29, 0.717) is 35.2 Å². The molecule has 4 heterocycles. The zero-order chi connectivity index (χ0) is 23.5. The van der Waals surface area contributed by atoms with Crippen molar-refractivity contribution in [3.63, 3.8) is 0 Å². The summed E-state index contributed by atoms with van der Waals surface area (Å²) in [5.41, 5.74) is 2.11. The van der Waals surface area contributed by atoms with Gasteiger partial charge >= 0.3 is 0 Å². The van der Waals surface area contributed by atoms with Crippen molar-refractivity contribution in [2.75, 3.05) is 0 Å². The predicted molar refractivity (Wildman–Crippen MR) is 140 cm³/mol. The maximum Gasteiger partial charge on any atom is 0.282 e. The third-order valence-electron chi connectivity index (χ3n) is 5.23. The number of hydrogen-bond donors (Lipinski definition) is 2. The molecule has 0 saturated heterocycles. The number of nitrogens with one attached hydrogen (secondary N) is 2. The summed E-state index contributed by atoms with van der Waals surface area (Å²) in [6.07, 6.45) is 0.0414. The van der Waals surface area contributed by atoms with Gasteiger partial charge in [-0.3, -0.25) is 19.7 Å². The first-order valence-electron chi connectivity index (χ1n) is 10.6. The minimum atomic E-state index is -0.257. The van der Waals surface area contributed by atoms with E-state index < -0.39 is 0 Å². The highest BCUT2D eigenvalue weighted by Gasteiger charge is 2.21. The molecule has 5 rings (SSSR count). The van der Waals surface area contributed by atoms with Crippen molar-refractivity contribution in [1.29, 1.82) is 0 Å². The number of para-hydroxylation sites is 1. The molecule has 0 atom stereocenters. The Balaban J connectivity index is 1.48. The molecule has 10 heteroatoms. The van der Waals surface area contributed by atoms with Crippen LogP contribution >= 0.6 is 34.0 Å². The van der Waals surface area contributed by atoms with Crippen molar-refractivity contribution < 1.29 is 4.79 Å². The van der Waals surface area contributed by atoms with Gasteiger partial charge in [0.1, 0.15) is 0 Å². The molecule has 4 aromatic heterocycles. The van der Waals surface area contributed by atoms with Gasteiger partial charge in [0.15, 0.2) is 0 Å². The van der Waals surface area contributed by atoms with Crippen molar-refractivity contribution in [3.8, 4) is 5.13 Å². The average molecular weight is 508 g/mol. The van der Waals surface area contributed by atoms with Crippen molar-refractivity contribution in [2.24, 2.45) is 4.99 Å². The summed E-state index contributed by atoms with van der Waals surface area (Å²) < 4.78 is 2.41. The van der Waals surface area contributed by atoms with Crippen LogP contribution < -0.4 is 10.9 Å². The summed E-state index contributed by atoms with van der Waals surface area (Å²) in [7, 11) is 0. The number of carbonyl (C=O) groups excluding carboxylic acids is 1. The molecule has 0 aliphatic carbocycles. The van der Waals surface area contributed by atoms with Crippen LogP contribution in [0.5, 0.6) is 0 Å². The van der Waals surface area contributed by atoms with Crippen LogP contribution in [0.25, 0.3) is 15.3 Å². The second kappa shape index (κ2) is 9.88. The molecule has 0 spiro atoms. The van der Waals surface area contributed by atoms with Crippen LogP contribution in [0.4, 0.5) is 0 Å². The molecule has 2 N–H and O–H groups in total. The Morgan fingerprint density at radius 3 is 2.59 bits per heavy atom. The molecule has 1 amide bonds. The number of hydrogen-bond acceptors (Lipinski definition) is 7. The molecular formula is C24H21N5O2S3. The van der Waals surface area contributed by atoms with Crippen LogP contribution in [0, 0.1) is 0 Å². The monoisotopic (exact) mass is 507 g/mol. The highest BCUT2D eigenvalue weighted by Crippen LogP contribution is 2.24. The Kier molecular flexibility index (Phi) is 6.52. The first-order chi connectivity index (χ1) is 16.6. The van der Waals surface area contributed by atoms with Crippen LogP contribution in [0.15, 0.2) is 69.1 Å². The van der Waals surface area contributed by atoms with Crippen molar-refractivity contribution >= 4 is 55.8 Å². The van der Waals surface area contributed by atoms with Gasteiger partial charge in [0.05, 0.1) is 41.0 Å². The molecule has 0 aliphatic rings. The van der Waals surface area contributed by atoms with E-state index in [0.717, 1.165) is 20.0 Å². The standard InChI is InChI=1S/C24H21N5O2S3/c1-15(25-13-16-6-4-10-32-16)22-19(12-21(30)26-14-17-7-5-11-33-17)28-29(23(22)31)24-27-18-8-2-3-9-20(18)34-24/h2-11,28H,12-14H2,1H3,(H,26,30). The lowest BCUT2D eigenvalue weighted by Gasteiger charge is -2.05. The Morgan fingerprint density at radius 1 is 1.09 bits per heavy atom. The van der Waals surface area contributed by atoms with Crippen LogP contribution in [0.1, 0.15) is 27.9 Å². The lowest BCUT2D eigenvalue weighted by molar-refractivity contribution is -0.120. The number of fused-ring (bicyclic) bond motifs is 1. The van der Waals surface area contributed by atoms with Crippen LogP contribution in [-0.2, 0) is 24.3 Å². The molecule has 1 aromatic carbocycles. The molecule has 5 aromatic rings. The summed E-state index contributed by atoms with van der Waals surface area (Å²) in [6, 6.07) is 15.7. The molecule has 0 radical (unpaired) electrons. The fraction of sp³-hybridized carbons (Fsp3) is 0.167. The molecule has 0 unspecified atom stereocenters. The van der Waals surface area contributed by atoms with E-state index in [2.05, 4.69) is 20.4 Å². The number of carbonyl (C=O) groups is 1. The number of aliphatic imine (C=N–C) groups is 1. The molecule has 172 valence electrons. The van der Waals surface area contributed by atoms with E-state index in [4.69, 9.17) is 0 Å². The van der Waals surface area contributed by atoms with E-state index in [9.17, 15) is 9.59 Å². The quantitative estimate of drug-likeness (QED) is 0.297. The van der Waals surface area contributed by atoms with E-state index in [-0.39, 0.29) is 17.9 Å². The number of thiazole rings is 1. The Hall–Kier alpha value is -3.34. The summed E-state index contributed by atoms with van der Waals surface area (Å²) in [4.78, 5) is 37.7. The molecule has 34 heavy (non-hydrogen) atoms. The minimum absolute atomic E-state index is 0.0414. The largest absolute Gasteiger partial charge is 0.351 e. The normalized spacial score (nSPS) is 11.9. The summed E-state index contributed by atoms with van der Waals surface area (Å²) in [5.74, 6) is -0.168. The SMILES string of the molecule is CC(=NCc1cccs1)c1c(CC(=O)NCc2cccs2)[nH]n(-c2nc3ccccc3s2)c1=O. The Labute approximate surface area is 207 Å². The van der Waals surface area contributed by atoms with Gasteiger partial charge in [0.2, 0.25) is 11.0 Å². The summed E-state index contributed by atoms with van der Waals surface area (Å²) in [6.45, 7) is 2.76. The third kappa shape index (κ3) is 4.79. The van der Waals surface area contributed by atoms with Crippen molar-refractivity contribution in [1.82, 2.24) is 20.1 Å². The zero-order valence-corrected chi connectivity index (χ0v) is 20.7. The highest BCUT2D eigenvalue weighted by atomic mass is 32.1. The molecular weight excluding hydrogens is 486 g/mol. The van der Waals surface area contributed by atoms with E-state index >= 15 is 0 Å². The fourth-order valence-corrected chi connectivity index (χ4v) is 5.77. The van der Waals surface area contributed by atoms with E-state index in [1.807, 2.05) is 66.2 Å². The number of rotatable bonds is 8. The van der Waals surface area contributed by atoms with Gasteiger partial charge in [-0.2, -0.15) is 4.68 Å². The molecule has 0 aliphatic heterocycles. The molecule has 0 bridgehead atoms. The fourth-order valence-electron chi connectivity index (χ4n) is 3.57. The van der Waals surface area contributed by atoms with E-state index in [1.54, 1.807) is 22.7 Å². The number of benzene rings is 1. The van der Waals surface area contributed by atoms with Gasteiger partial charge in [-0.05, 0) is 41.9 Å². The van der Waals surface area contributed by atoms with Gasteiger partial charge in [-0.1, -0.05) is 35.6 Å². The van der Waals surface area contributed by atoms with Gasteiger partial charge in [-0.25, -0.2) is 4.98 Å². The number of nitrogens with zero attached hydrogens (tertiary/aromatic N) is 3. The van der Waals surface area contributed by atoms with E-state index in [1.165, 1.54) is 16.0 Å². The Bertz CT molecular complexity index is 1470. The minimum Gasteiger partial charge on any atom is -0.351 e. The molecule has 0 fully saturated rings. The predicted octanol–water partition coefficient (Wildman–Crippen LogP) is 4.77. The maximum absolute atomic E-state index is 13.5. The van der Waals surface area contributed by atoms with Crippen molar-refractivity contribution in [2.45, 2.75) is 26.4 Å². The molecule has 0 saturated carbocycles. The Morgan fingerprint density at radius 2 is 1.85 bits per heavy atom. The number of thiophene rings is 2. The number of amides is 1. The topological polar surface area (TPSA) is 92.1 Å². The van der Waals surface area contributed by atoms with Gasteiger partial charge in [0, 0.05) is 15.5 Å². The lowest BCUT2D eigenvalue weighted by Crippen LogP contribution is -2.25. The number of aromatic nitrogens is 3. The zero-order valence-electron chi connectivity index (χ0n) is 18.3. The first kappa shape index (κ1) is 22.5. The lowest BCUT2D eigenvalue weighted by atomic mass is 10.1. The van der Waals surface area contributed by atoms with Crippen molar-refractivity contribution in [3.05, 3.63) is 90.7 Å².